The molecule has 1 aromatic heterocycles. The Kier molecular flexibility index (Phi) is 5.76. The Morgan fingerprint density at radius 1 is 1.17 bits per heavy atom. The maximum atomic E-state index is 12.4. The number of aromatic nitrogens is 1. The van der Waals surface area contributed by atoms with Crippen LogP contribution in [0.2, 0.25) is 5.02 Å². The monoisotopic (exact) mass is 347 g/mol. The van der Waals surface area contributed by atoms with Gasteiger partial charge in [0.1, 0.15) is 11.4 Å². The highest BCUT2D eigenvalue weighted by Gasteiger charge is 2.14. The van der Waals surface area contributed by atoms with Crippen molar-refractivity contribution in [3.05, 3.63) is 52.8 Å². The van der Waals surface area contributed by atoms with Gasteiger partial charge >= 0.3 is 0 Å². The van der Waals surface area contributed by atoms with Crippen LogP contribution < -0.4 is 15.4 Å². The number of benzene rings is 1. The second-order valence-electron chi connectivity index (χ2n) is 5.36. The van der Waals surface area contributed by atoms with Gasteiger partial charge in [0.05, 0.1) is 12.8 Å². The average molecular weight is 348 g/mol. The topological polar surface area (TPSA) is 80.3 Å². The third-order valence-corrected chi connectivity index (χ3v) is 3.32. The molecule has 2 N–H and O–H groups in total. The first kappa shape index (κ1) is 17.7. The molecule has 0 radical (unpaired) electrons. The maximum absolute atomic E-state index is 12.4. The SMILES string of the molecule is COc1ccc(Cl)cc1NC(=O)c1ccnc(C(=O)NC(C)C)c1. The van der Waals surface area contributed by atoms with Crippen molar-refractivity contribution in [2.45, 2.75) is 19.9 Å². The second kappa shape index (κ2) is 7.79. The zero-order valence-corrected chi connectivity index (χ0v) is 14.3. The van der Waals surface area contributed by atoms with Crippen LogP contribution in [-0.4, -0.2) is 29.9 Å². The largest absolute Gasteiger partial charge is 0.495 e. The van der Waals surface area contributed by atoms with Crippen molar-refractivity contribution in [3.8, 4) is 5.75 Å². The molecule has 2 amide bonds. The highest BCUT2D eigenvalue weighted by Crippen LogP contribution is 2.28. The van der Waals surface area contributed by atoms with Gasteiger partial charge in [0.25, 0.3) is 11.8 Å². The molecule has 2 aromatic rings. The van der Waals surface area contributed by atoms with Crippen LogP contribution in [0.3, 0.4) is 0 Å². The Bertz CT molecular complexity index is 762. The van der Waals surface area contributed by atoms with Gasteiger partial charge in [0.2, 0.25) is 0 Å². The fourth-order valence-corrected chi connectivity index (χ4v) is 2.18. The number of methoxy groups -OCH3 is 1. The van der Waals surface area contributed by atoms with Crippen LogP contribution in [0.5, 0.6) is 5.75 Å². The minimum absolute atomic E-state index is 0.0208. The summed E-state index contributed by atoms with van der Waals surface area (Å²) in [6.07, 6.45) is 1.42. The lowest BCUT2D eigenvalue weighted by molar-refractivity contribution is 0.0938. The average Bonchev–Trinajstić information content (AvgIpc) is 2.54. The van der Waals surface area contributed by atoms with E-state index in [-0.39, 0.29) is 17.6 Å². The summed E-state index contributed by atoms with van der Waals surface area (Å²) in [5.74, 6) is -0.240. The van der Waals surface area contributed by atoms with E-state index in [0.717, 1.165) is 0 Å². The van der Waals surface area contributed by atoms with E-state index < -0.39 is 5.91 Å². The standard InChI is InChI=1S/C17H18ClN3O3/c1-10(2)20-17(23)14-8-11(6-7-19-14)16(22)21-13-9-12(18)4-5-15(13)24-3/h4-10H,1-3H3,(H,20,23)(H,21,22). The number of carbonyl (C=O) groups is 2. The molecule has 0 aliphatic rings. The molecule has 2 rings (SSSR count). The lowest BCUT2D eigenvalue weighted by atomic mass is 10.2. The van der Waals surface area contributed by atoms with Crippen molar-refractivity contribution in [2.24, 2.45) is 0 Å². The first-order valence-corrected chi connectivity index (χ1v) is 7.70. The van der Waals surface area contributed by atoms with Crippen LogP contribution in [0.25, 0.3) is 0 Å². The summed E-state index contributed by atoms with van der Waals surface area (Å²) in [5.41, 5.74) is 0.926. The van der Waals surface area contributed by atoms with Gasteiger partial charge in [-0.25, -0.2) is 0 Å². The highest BCUT2D eigenvalue weighted by molar-refractivity contribution is 6.31. The molecule has 126 valence electrons. The molecule has 24 heavy (non-hydrogen) atoms. The van der Waals surface area contributed by atoms with Crippen molar-refractivity contribution in [2.75, 3.05) is 12.4 Å². The van der Waals surface area contributed by atoms with Crippen molar-refractivity contribution < 1.29 is 14.3 Å². The number of rotatable bonds is 5. The second-order valence-corrected chi connectivity index (χ2v) is 5.79. The molecule has 1 aromatic carbocycles. The zero-order chi connectivity index (χ0) is 17.7. The van der Waals surface area contributed by atoms with Crippen LogP contribution >= 0.6 is 11.6 Å². The summed E-state index contributed by atoms with van der Waals surface area (Å²) in [6, 6.07) is 7.85. The molecule has 0 saturated heterocycles. The van der Waals surface area contributed by atoms with Gasteiger partial charge in [0.15, 0.2) is 0 Å². The number of anilines is 1. The van der Waals surface area contributed by atoms with Crippen LogP contribution in [0, 0.1) is 0 Å². The summed E-state index contributed by atoms with van der Waals surface area (Å²) < 4.78 is 5.19. The Labute approximate surface area is 145 Å². The first-order valence-electron chi connectivity index (χ1n) is 7.32. The minimum Gasteiger partial charge on any atom is -0.495 e. The molecular weight excluding hydrogens is 330 g/mol. The number of hydrogen-bond donors (Lipinski definition) is 2. The van der Waals surface area contributed by atoms with Crippen LogP contribution in [0.1, 0.15) is 34.7 Å². The Morgan fingerprint density at radius 2 is 1.92 bits per heavy atom. The van der Waals surface area contributed by atoms with Gasteiger partial charge in [-0.1, -0.05) is 11.6 Å². The highest BCUT2D eigenvalue weighted by atomic mass is 35.5. The summed E-state index contributed by atoms with van der Waals surface area (Å²) in [6.45, 7) is 3.69. The number of pyridine rings is 1. The molecule has 0 atom stereocenters. The van der Waals surface area contributed by atoms with Crippen molar-refractivity contribution >= 4 is 29.1 Å². The first-order chi connectivity index (χ1) is 11.4. The van der Waals surface area contributed by atoms with E-state index in [1.54, 1.807) is 18.2 Å². The Balaban J connectivity index is 2.22. The van der Waals surface area contributed by atoms with Gasteiger partial charge < -0.3 is 15.4 Å². The van der Waals surface area contributed by atoms with Gasteiger partial charge in [-0.05, 0) is 44.2 Å². The summed E-state index contributed by atoms with van der Waals surface area (Å²) in [4.78, 5) is 28.4. The number of carbonyl (C=O) groups excluding carboxylic acids is 2. The Hall–Kier alpha value is -2.60. The molecule has 7 heteroatoms. The van der Waals surface area contributed by atoms with Gasteiger partial charge in [0, 0.05) is 22.8 Å². The molecule has 0 saturated carbocycles. The van der Waals surface area contributed by atoms with E-state index in [1.807, 2.05) is 13.8 Å². The molecule has 6 nitrogen and oxygen atoms in total. The number of nitrogens with one attached hydrogen (secondary N) is 2. The third kappa shape index (κ3) is 4.45. The molecule has 0 aliphatic carbocycles. The molecular formula is C17H18ClN3O3. The van der Waals surface area contributed by atoms with Crippen molar-refractivity contribution in [1.29, 1.82) is 0 Å². The smallest absolute Gasteiger partial charge is 0.270 e. The number of hydrogen-bond acceptors (Lipinski definition) is 4. The van der Waals surface area contributed by atoms with Gasteiger partial charge in [-0.3, -0.25) is 14.6 Å². The third-order valence-electron chi connectivity index (χ3n) is 3.08. The van der Waals surface area contributed by atoms with Gasteiger partial charge in [-0.15, -0.1) is 0 Å². The Morgan fingerprint density at radius 3 is 2.58 bits per heavy atom. The van der Waals surface area contributed by atoms with E-state index in [4.69, 9.17) is 16.3 Å². The number of halogens is 1. The minimum atomic E-state index is -0.392. The number of nitrogens with zero attached hydrogens (tertiary/aromatic N) is 1. The molecule has 0 spiro atoms. The van der Waals surface area contributed by atoms with Gasteiger partial charge in [-0.2, -0.15) is 0 Å². The van der Waals surface area contributed by atoms with Crippen LogP contribution in [-0.2, 0) is 0 Å². The maximum Gasteiger partial charge on any atom is 0.270 e. The predicted octanol–water partition coefficient (Wildman–Crippen LogP) is 3.13. The van der Waals surface area contributed by atoms with Crippen molar-refractivity contribution in [3.63, 3.8) is 0 Å². The molecule has 0 unspecified atom stereocenters. The fraction of sp³-hybridized carbons (Fsp3) is 0.235. The zero-order valence-electron chi connectivity index (χ0n) is 13.6. The molecule has 0 fully saturated rings. The quantitative estimate of drug-likeness (QED) is 0.870. The number of amides is 2. The lowest BCUT2D eigenvalue weighted by Crippen LogP contribution is -2.31. The van der Waals surface area contributed by atoms with E-state index in [1.165, 1.54) is 25.4 Å². The fourth-order valence-electron chi connectivity index (χ4n) is 2.00. The normalized spacial score (nSPS) is 10.4. The van der Waals surface area contributed by atoms with Crippen LogP contribution in [0.15, 0.2) is 36.5 Å². The summed E-state index contributed by atoms with van der Waals surface area (Å²) in [5, 5.41) is 5.92. The van der Waals surface area contributed by atoms with E-state index in [2.05, 4.69) is 15.6 Å². The molecule has 0 bridgehead atoms. The molecule has 0 aliphatic heterocycles. The van der Waals surface area contributed by atoms with Crippen molar-refractivity contribution in [1.82, 2.24) is 10.3 Å². The summed E-state index contributed by atoms with van der Waals surface area (Å²) in [7, 11) is 1.50. The predicted molar refractivity (Wildman–Crippen MR) is 92.8 cm³/mol. The van der Waals surface area contributed by atoms with E-state index >= 15 is 0 Å². The summed E-state index contributed by atoms with van der Waals surface area (Å²) >= 11 is 5.95. The van der Waals surface area contributed by atoms with Crippen LogP contribution in [0.4, 0.5) is 5.69 Å². The number of ether oxygens (including phenoxy) is 1. The van der Waals surface area contributed by atoms with E-state index in [9.17, 15) is 9.59 Å². The molecule has 1 heterocycles. The van der Waals surface area contributed by atoms with E-state index in [0.29, 0.717) is 22.0 Å². The lowest BCUT2D eigenvalue weighted by Gasteiger charge is -2.11.